The van der Waals surface area contributed by atoms with Gasteiger partial charge in [0, 0.05) is 6.04 Å². The molecule has 0 aliphatic carbocycles. The normalized spacial score (nSPS) is 18.9. The van der Waals surface area contributed by atoms with Crippen molar-refractivity contribution >= 4 is 0 Å². The number of hydrogen-bond donors (Lipinski definition) is 1. The van der Waals surface area contributed by atoms with Crippen LogP contribution in [0.5, 0.6) is 0 Å². The third-order valence-corrected chi connectivity index (χ3v) is 6.08. The van der Waals surface area contributed by atoms with E-state index in [0.717, 1.165) is 6.04 Å². The molecule has 0 saturated carbocycles. The highest BCUT2D eigenvalue weighted by Gasteiger charge is 2.32. The number of likely N-dealkylation sites (tertiary alicyclic amines) is 1. The quantitative estimate of drug-likeness (QED) is 0.406. The first kappa shape index (κ1) is 22.0. The number of nitrogens with zero attached hydrogens (tertiary/aromatic N) is 1. The standard InChI is InChI=1S/C22H45NO/c1-5-7-9-11-13-15-21(14-12-10-8-6-2)23-18-16-20(17-19-23)22(3,4)24/h20-21,24H,5-19H2,1-4H3. The fourth-order valence-electron chi connectivity index (χ4n) is 4.27. The molecule has 1 unspecified atom stereocenters. The van der Waals surface area contributed by atoms with Crippen molar-refractivity contribution in [1.29, 1.82) is 0 Å². The summed E-state index contributed by atoms with van der Waals surface area (Å²) in [5.41, 5.74) is -0.497. The molecular formula is C22H45NO. The maximum Gasteiger partial charge on any atom is 0.0620 e. The zero-order valence-electron chi connectivity index (χ0n) is 17.2. The summed E-state index contributed by atoms with van der Waals surface area (Å²) >= 11 is 0. The van der Waals surface area contributed by atoms with E-state index in [1.165, 1.54) is 96.6 Å². The molecule has 1 saturated heterocycles. The molecule has 1 fully saturated rings. The van der Waals surface area contributed by atoms with E-state index >= 15 is 0 Å². The van der Waals surface area contributed by atoms with Crippen LogP contribution in [-0.4, -0.2) is 34.7 Å². The largest absolute Gasteiger partial charge is 0.390 e. The van der Waals surface area contributed by atoms with Gasteiger partial charge in [-0.2, -0.15) is 0 Å². The average Bonchev–Trinajstić information content (AvgIpc) is 2.56. The second kappa shape index (κ2) is 12.3. The molecule has 1 rings (SSSR count). The first-order chi connectivity index (χ1) is 11.5. The summed E-state index contributed by atoms with van der Waals surface area (Å²) in [6.07, 6.45) is 17.6. The van der Waals surface area contributed by atoms with Crippen LogP contribution in [0.3, 0.4) is 0 Å². The molecule has 0 aromatic carbocycles. The van der Waals surface area contributed by atoms with E-state index in [9.17, 15) is 5.11 Å². The van der Waals surface area contributed by atoms with Gasteiger partial charge in [0.2, 0.25) is 0 Å². The molecule has 0 spiro atoms. The van der Waals surface area contributed by atoms with Crippen molar-refractivity contribution in [2.75, 3.05) is 13.1 Å². The molecule has 1 aliphatic rings. The Balaban J connectivity index is 2.39. The second-order valence-corrected chi connectivity index (χ2v) is 8.67. The van der Waals surface area contributed by atoms with Crippen LogP contribution in [0.15, 0.2) is 0 Å². The monoisotopic (exact) mass is 339 g/mol. The van der Waals surface area contributed by atoms with E-state index in [1.54, 1.807) is 0 Å². The van der Waals surface area contributed by atoms with Crippen LogP contribution in [0.25, 0.3) is 0 Å². The molecule has 0 amide bonds. The van der Waals surface area contributed by atoms with E-state index in [-0.39, 0.29) is 0 Å². The summed E-state index contributed by atoms with van der Waals surface area (Å²) in [5, 5.41) is 10.3. The van der Waals surface area contributed by atoms with Gasteiger partial charge in [0.1, 0.15) is 0 Å². The van der Waals surface area contributed by atoms with E-state index in [2.05, 4.69) is 18.7 Å². The van der Waals surface area contributed by atoms with Gasteiger partial charge in [-0.3, -0.25) is 0 Å². The highest BCUT2D eigenvalue weighted by atomic mass is 16.3. The van der Waals surface area contributed by atoms with Crippen molar-refractivity contribution in [3.05, 3.63) is 0 Å². The zero-order chi connectivity index (χ0) is 17.8. The molecule has 144 valence electrons. The van der Waals surface area contributed by atoms with Gasteiger partial charge in [-0.15, -0.1) is 0 Å². The Bertz CT molecular complexity index is 289. The van der Waals surface area contributed by atoms with Crippen molar-refractivity contribution in [1.82, 2.24) is 4.90 Å². The summed E-state index contributed by atoms with van der Waals surface area (Å²) in [5.74, 6) is 0.485. The summed E-state index contributed by atoms with van der Waals surface area (Å²) < 4.78 is 0. The summed E-state index contributed by atoms with van der Waals surface area (Å²) in [4.78, 5) is 2.76. The predicted octanol–water partition coefficient (Wildman–Crippen LogP) is 6.17. The number of aliphatic hydroxyl groups is 1. The molecule has 24 heavy (non-hydrogen) atoms. The molecule has 0 radical (unpaired) electrons. The number of piperidine rings is 1. The lowest BCUT2D eigenvalue weighted by Crippen LogP contribution is -2.46. The van der Waals surface area contributed by atoms with Gasteiger partial charge in [-0.1, -0.05) is 71.6 Å². The lowest BCUT2D eigenvalue weighted by Gasteiger charge is -2.41. The van der Waals surface area contributed by atoms with Gasteiger partial charge < -0.3 is 10.0 Å². The van der Waals surface area contributed by atoms with Gasteiger partial charge >= 0.3 is 0 Å². The molecule has 2 heteroatoms. The van der Waals surface area contributed by atoms with Crippen LogP contribution in [0, 0.1) is 5.92 Å². The van der Waals surface area contributed by atoms with Crippen molar-refractivity contribution < 1.29 is 5.11 Å². The first-order valence-corrected chi connectivity index (χ1v) is 11.0. The highest BCUT2D eigenvalue weighted by molar-refractivity contribution is 4.85. The topological polar surface area (TPSA) is 23.5 Å². The van der Waals surface area contributed by atoms with Crippen molar-refractivity contribution in [3.8, 4) is 0 Å². The average molecular weight is 340 g/mol. The minimum atomic E-state index is -0.497. The molecule has 0 aromatic rings. The van der Waals surface area contributed by atoms with Crippen LogP contribution in [-0.2, 0) is 0 Å². The lowest BCUT2D eigenvalue weighted by atomic mass is 9.82. The van der Waals surface area contributed by atoms with Gasteiger partial charge in [-0.25, -0.2) is 0 Å². The Morgan fingerprint density at radius 2 is 1.29 bits per heavy atom. The maximum atomic E-state index is 10.3. The summed E-state index contributed by atoms with van der Waals surface area (Å²) in [7, 11) is 0. The van der Waals surface area contributed by atoms with E-state index in [1.807, 2.05) is 13.8 Å². The van der Waals surface area contributed by atoms with Crippen LogP contribution in [0.4, 0.5) is 0 Å². The van der Waals surface area contributed by atoms with Gasteiger partial charge in [0.25, 0.3) is 0 Å². The minimum absolute atomic E-state index is 0.485. The fourth-order valence-corrected chi connectivity index (χ4v) is 4.27. The number of hydrogen-bond acceptors (Lipinski definition) is 2. The van der Waals surface area contributed by atoms with Crippen molar-refractivity contribution in [3.63, 3.8) is 0 Å². The Morgan fingerprint density at radius 1 is 0.833 bits per heavy atom. The van der Waals surface area contributed by atoms with Crippen molar-refractivity contribution in [2.24, 2.45) is 5.92 Å². The molecular weight excluding hydrogens is 294 g/mol. The molecule has 0 aromatic heterocycles. The third kappa shape index (κ3) is 8.85. The molecule has 1 N–H and O–H groups in total. The van der Waals surface area contributed by atoms with Crippen LogP contribution < -0.4 is 0 Å². The lowest BCUT2D eigenvalue weighted by molar-refractivity contribution is -0.0203. The van der Waals surface area contributed by atoms with Crippen molar-refractivity contribution in [2.45, 2.75) is 123 Å². The molecule has 1 heterocycles. The Labute approximate surface area is 152 Å². The molecule has 2 nitrogen and oxygen atoms in total. The van der Waals surface area contributed by atoms with E-state index in [4.69, 9.17) is 0 Å². The van der Waals surface area contributed by atoms with Crippen LogP contribution in [0.1, 0.15) is 111 Å². The summed E-state index contributed by atoms with van der Waals surface area (Å²) in [6, 6.07) is 0.797. The predicted molar refractivity (Wildman–Crippen MR) is 107 cm³/mol. The fraction of sp³-hybridized carbons (Fsp3) is 1.00. The number of rotatable bonds is 13. The zero-order valence-corrected chi connectivity index (χ0v) is 17.2. The SMILES string of the molecule is CCCCCCCC(CCCCCC)N1CCC(C(C)(C)O)CC1. The Hall–Kier alpha value is -0.0800. The van der Waals surface area contributed by atoms with Gasteiger partial charge in [-0.05, 0) is 58.5 Å². The van der Waals surface area contributed by atoms with Gasteiger partial charge in [0.15, 0.2) is 0 Å². The maximum absolute atomic E-state index is 10.3. The van der Waals surface area contributed by atoms with Crippen LogP contribution in [0.2, 0.25) is 0 Å². The minimum Gasteiger partial charge on any atom is -0.390 e. The first-order valence-electron chi connectivity index (χ1n) is 11.0. The third-order valence-electron chi connectivity index (χ3n) is 6.08. The molecule has 1 aliphatic heterocycles. The second-order valence-electron chi connectivity index (χ2n) is 8.67. The van der Waals surface area contributed by atoms with Gasteiger partial charge in [0.05, 0.1) is 5.60 Å². The molecule has 0 bridgehead atoms. The Kier molecular flexibility index (Phi) is 11.3. The smallest absolute Gasteiger partial charge is 0.0620 e. The highest BCUT2D eigenvalue weighted by Crippen LogP contribution is 2.30. The van der Waals surface area contributed by atoms with E-state index in [0.29, 0.717) is 5.92 Å². The molecule has 1 atom stereocenters. The summed E-state index contributed by atoms with van der Waals surface area (Å²) in [6.45, 7) is 11.0. The van der Waals surface area contributed by atoms with E-state index < -0.39 is 5.60 Å². The van der Waals surface area contributed by atoms with Crippen LogP contribution >= 0.6 is 0 Å². The Morgan fingerprint density at radius 3 is 1.75 bits per heavy atom. The number of unbranched alkanes of at least 4 members (excludes halogenated alkanes) is 7.